The van der Waals surface area contributed by atoms with Crippen LogP contribution in [0.2, 0.25) is 0 Å². The van der Waals surface area contributed by atoms with Gasteiger partial charge in [0.05, 0.1) is 6.10 Å². The molecule has 4 N–H and O–H groups in total. The molecule has 0 amide bonds. The normalized spacial score (nSPS) is 13.5. The smallest absolute Gasteiger partial charge is 0.218 e. The van der Waals surface area contributed by atoms with E-state index in [1.165, 1.54) is 6.92 Å². The third-order valence-corrected chi connectivity index (χ3v) is 2.56. The van der Waals surface area contributed by atoms with Crippen LogP contribution in [0.4, 0.5) is 0 Å². The van der Waals surface area contributed by atoms with Crippen LogP contribution in [0.3, 0.4) is 0 Å². The van der Waals surface area contributed by atoms with Gasteiger partial charge in [-0.05, 0) is 45.4 Å². The molecule has 0 fully saturated rings. The fourth-order valence-electron chi connectivity index (χ4n) is 1.39. The molecule has 19 heavy (non-hydrogen) atoms. The summed E-state index contributed by atoms with van der Waals surface area (Å²) in [5.74, 6) is 0.670. The molecule has 1 atom stereocenters. The van der Waals surface area contributed by atoms with E-state index in [1.807, 2.05) is 20.8 Å². The zero-order chi connectivity index (χ0) is 14.0. The SMILES string of the molecule is C[C@H](OS(=O)(=O)[O-])c1ccc(OC(C)(C)C)cc1.[NH4+]. The Hall–Kier alpha value is -1.15. The van der Waals surface area contributed by atoms with E-state index in [0.717, 1.165) is 0 Å². The fourth-order valence-corrected chi connectivity index (χ4v) is 1.86. The quantitative estimate of drug-likeness (QED) is 0.677. The van der Waals surface area contributed by atoms with E-state index >= 15 is 0 Å². The van der Waals surface area contributed by atoms with Gasteiger partial charge in [0.2, 0.25) is 10.4 Å². The first-order chi connectivity index (χ1) is 8.07. The van der Waals surface area contributed by atoms with E-state index in [9.17, 15) is 13.0 Å². The van der Waals surface area contributed by atoms with Crippen molar-refractivity contribution in [1.82, 2.24) is 6.15 Å². The Bertz CT molecular complexity index is 490. The minimum Gasteiger partial charge on any atom is -0.726 e. The van der Waals surface area contributed by atoms with Gasteiger partial charge in [-0.25, -0.2) is 8.42 Å². The summed E-state index contributed by atoms with van der Waals surface area (Å²) in [5, 5.41) is 0. The minimum absolute atomic E-state index is 0. The molecule has 0 aliphatic heterocycles. The summed E-state index contributed by atoms with van der Waals surface area (Å²) >= 11 is 0. The number of quaternary nitrogens is 1. The molecule has 1 aromatic rings. The highest BCUT2D eigenvalue weighted by Gasteiger charge is 2.13. The number of ether oxygens (including phenoxy) is 1. The van der Waals surface area contributed by atoms with Crippen molar-refractivity contribution in [3.8, 4) is 5.75 Å². The lowest BCUT2D eigenvalue weighted by Crippen LogP contribution is -2.22. The monoisotopic (exact) mass is 291 g/mol. The molecular formula is C12H21NO5S. The van der Waals surface area contributed by atoms with Crippen molar-refractivity contribution in [3.05, 3.63) is 29.8 Å². The summed E-state index contributed by atoms with van der Waals surface area (Å²) in [5.41, 5.74) is 0.290. The average molecular weight is 291 g/mol. The first kappa shape index (κ1) is 17.8. The Kier molecular flexibility index (Phi) is 5.95. The van der Waals surface area contributed by atoms with Crippen molar-refractivity contribution in [2.24, 2.45) is 0 Å². The summed E-state index contributed by atoms with van der Waals surface area (Å²) in [6.07, 6.45) is -0.809. The molecule has 0 aliphatic rings. The van der Waals surface area contributed by atoms with Crippen molar-refractivity contribution in [3.63, 3.8) is 0 Å². The highest BCUT2D eigenvalue weighted by Crippen LogP contribution is 2.23. The number of benzene rings is 1. The molecule has 7 heteroatoms. The zero-order valence-corrected chi connectivity index (χ0v) is 12.7. The molecule has 0 saturated carbocycles. The predicted octanol–water partition coefficient (Wildman–Crippen LogP) is 2.78. The van der Waals surface area contributed by atoms with Gasteiger partial charge in [-0.15, -0.1) is 0 Å². The first-order valence-corrected chi connectivity index (χ1v) is 6.83. The lowest BCUT2D eigenvalue weighted by atomic mass is 10.1. The van der Waals surface area contributed by atoms with Crippen molar-refractivity contribution in [2.75, 3.05) is 0 Å². The molecule has 0 aliphatic carbocycles. The third-order valence-electron chi connectivity index (χ3n) is 2.04. The summed E-state index contributed by atoms with van der Waals surface area (Å²) in [7, 11) is -4.69. The Morgan fingerprint density at radius 2 is 1.63 bits per heavy atom. The van der Waals surface area contributed by atoms with Crippen molar-refractivity contribution in [1.29, 1.82) is 0 Å². The molecule has 1 rings (SSSR count). The third kappa shape index (κ3) is 7.12. The maximum absolute atomic E-state index is 10.5. The molecular weight excluding hydrogens is 270 g/mol. The molecule has 0 saturated heterocycles. The van der Waals surface area contributed by atoms with Gasteiger partial charge in [-0.1, -0.05) is 12.1 Å². The van der Waals surface area contributed by atoms with Crippen LogP contribution in [0.5, 0.6) is 5.75 Å². The Balaban J connectivity index is 0.00000324. The second-order valence-corrected chi connectivity index (χ2v) is 5.94. The first-order valence-electron chi connectivity index (χ1n) is 5.50. The second kappa shape index (κ2) is 6.33. The van der Waals surface area contributed by atoms with Crippen LogP contribution in [-0.2, 0) is 14.6 Å². The fraction of sp³-hybridized carbons (Fsp3) is 0.500. The second-order valence-electron chi connectivity index (χ2n) is 4.93. The average Bonchev–Trinajstić information content (AvgIpc) is 2.13. The Labute approximate surface area is 114 Å². The Morgan fingerprint density at radius 1 is 1.16 bits per heavy atom. The van der Waals surface area contributed by atoms with Gasteiger partial charge in [0.1, 0.15) is 11.4 Å². The van der Waals surface area contributed by atoms with E-state index in [1.54, 1.807) is 24.3 Å². The maximum atomic E-state index is 10.5. The Morgan fingerprint density at radius 3 is 2.00 bits per heavy atom. The van der Waals surface area contributed by atoms with Crippen LogP contribution in [-0.4, -0.2) is 18.6 Å². The highest BCUT2D eigenvalue weighted by molar-refractivity contribution is 7.80. The molecule has 0 unspecified atom stereocenters. The predicted molar refractivity (Wildman–Crippen MR) is 72.0 cm³/mol. The van der Waals surface area contributed by atoms with Crippen molar-refractivity contribution < 1.29 is 21.9 Å². The van der Waals surface area contributed by atoms with Crippen LogP contribution in [0, 0.1) is 0 Å². The maximum Gasteiger partial charge on any atom is 0.218 e. The molecule has 0 radical (unpaired) electrons. The topological polar surface area (TPSA) is 112 Å². The van der Waals surface area contributed by atoms with Crippen LogP contribution in [0.15, 0.2) is 24.3 Å². The van der Waals surface area contributed by atoms with E-state index in [0.29, 0.717) is 11.3 Å². The molecule has 6 nitrogen and oxygen atoms in total. The van der Waals surface area contributed by atoms with Crippen LogP contribution in [0.1, 0.15) is 39.4 Å². The van der Waals surface area contributed by atoms with E-state index in [4.69, 9.17) is 4.74 Å². The minimum atomic E-state index is -4.69. The number of rotatable bonds is 4. The lowest BCUT2D eigenvalue weighted by molar-refractivity contribution is 0.131. The van der Waals surface area contributed by atoms with Crippen LogP contribution >= 0.6 is 0 Å². The standard InChI is InChI=1S/C12H18O5S.H3N/c1-9(17-18(13,14)15)10-5-7-11(8-6-10)16-12(2,3)4;/h5-9H,1-4H3,(H,13,14,15);1H3/t9-;/m0./s1. The van der Waals surface area contributed by atoms with E-state index in [-0.39, 0.29) is 11.8 Å². The summed E-state index contributed by atoms with van der Waals surface area (Å²) < 4.78 is 41.4. The van der Waals surface area contributed by atoms with Gasteiger partial charge in [0.15, 0.2) is 0 Å². The van der Waals surface area contributed by atoms with E-state index in [2.05, 4.69) is 4.18 Å². The molecule has 110 valence electrons. The van der Waals surface area contributed by atoms with Gasteiger partial charge >= 0.3 is 0 Å². The lowest BCUT2D eigenvalue weighted by Gasteiger charge is -2.22. The molecule has 0 spiro atoms. The molecule has 0 heterocycles. The molecule has 1 aromatic carbocycles. The summed E-state index contributed by atoms with van der Waals surface area (Å²) in [6.45, 7) is 7.28. The van der Waals surface area contributed by atoms with Crippen LogP contribution < -0.4 is 10.9 Å². The molecule has 0 aromatic heterocycles. The van der Waals surface area contributed by atoms with Gasteiger partial charge in [-0.3, -0.25) is 4.18 Å². The summed E-state index contributed by atoms with van der Waals surface area (Å²) in [6, 6.07) is 6.74. The highest BCUT2D eigenvalue weighted by atomic mass is 32.3. The number of hydrogen-bond acceptors (Lipinski definition) is 5. The van der Waals surface area contributed by atoms with Gasteiger partial charge in [0, 0.05) is 0 Å². The van der Waals surface area contributed by atoms with Crippen molar-refractivity contribution >= 4 is 10.4 Å². The number of hydrogen-bond donors (Lipinski definition) is 1. The zero-order valence-electron chi connectivity index (χ0n) is 11.8. The van der Waals surface area contributed by atoms with Gasteiger partial charge in [0.25, 0.3) is 0 Å². The van der Waals surface area contributed by atoms with Crippen LogP contribution in [0.25, 0.3) is 0 Å². The molecule has 0 bridgehead atoms. The van der Waals surface area contributed by atoms with Gasteiger partial charge < -0.3 is 15.4 Å². The van der Waals surface area contributed by atoms with Gasteiger partial charge in [-0.2, -0.15) is 0 Å². The largest absolute Gasteiger partial charge is 0.726 e. The summed E-state index contributed by atoms with van der Waals surface area (Å²) in [4.78, 5) is 0. The van der Waals surface area contributed by atoms with Crippen molar-refractivity contribution in [2.45, 2.75) is 39.4 Å². The van der Waals surface area contributed by atoms with E-state index < -0.39 is 16.5 Å².